The van der Waals surface area contributed by atoms with Crippen LogP contribution in [0.3, 0.4) is 0 Å². The molecule has 0 aliphatic rings. The van der Waals surface area contributed by atoms with Crippen LogP contribution in [-0.2, 0) is 13.0 Å². The van der Waals surface area contributed by atoms with Gasteiger partial charge < -0.3 is 24.8 Å². The van der Waals surface area contributed by atoms with E-state index in [1.165, 1.54) is 7.11 Å². The van der Waals surface area contributed by atoms with Gasteiger partial charge in [0.1, 0.15) is 12.3 Å². The number of likely N-dealkylation sites (N-methyl/N-ethyl adjacent to an activating group) is 1. The third-order valence-electron chi connectivity index (χ3n) is 3.66. The number of phenols is 2. The quantitative estimate of drug-likeness (QED) is 0.592. The maximum absolute atomic E-state index is 12.7. The normalized spacial score (nSPS) is 13.6. The van der Waals surface area contributed by atoms with E-state index >= 15 is 0 Å². The summed E-state index contributed by atoms with van der Waals surface area (Å²) in [6, 6.07) is 10.1. The van der Waals surface area contributed by atoms with Crippen molar-refractivity contribution in [2.45, 2.75) is 13.0 Å². The minimum atomic E-state index is -0.467. The molecule has 1 atom stereocenters. The molecule has 0 saturated carbocycles. The van der Waals surface area contributed by atoms with E-state index < -0.39 is 4.65 Å². The van der Waals surface area contributed by atoms with Crippen molar-refractivity contribution in [1.82, 2.24) is 0 Å². The fraction of sp³-hybridized carbons (Fsp3) is 0.294. The minimum Gasteiger partial charge on any atom is -0.633 e. The SMILES string of the molecule is COc1cc(Br)c(C[N@+](C)([O-])CCc2ccc(O)cc2)cc1O. The van der Waals surface area contributed by atoms with Crippen LogP contribution in [0.25, 0.3) is 0 Å². The van der Waals surface area contributed by atoms with Gasteiger partial charge in [-0.15, -0.1) is 0 Å². The van der Waals surface area contributed by atoms with Gasteiger partial charge in [0.15, 0.2) is 11.5 Å². The summed E-state index contributed by atoms with van der Waals surface area (Å²) in [4.78, 5) is 0. The van der Waals surface area contributed by atoms with E-state index in [1.54, 1.807) is 31.3 Å². The standard InChI is InChI=1S/C17H20BrNO4/c1-19(22,8-7-12-3-5-14(20)6-4-12)11-13-9-16(21)17(23-2)10-15(13)18/h3-6,9-10,20-21H,7-8,11H2,1-2H3/t19-/m1/s1. The van der Waals surface area contributed by atoms with E-state index in [1.807, 2.05) is 12.1 Å². The second-order valence-corrected chi connectivity index (χ2v) is 6.56. The van der Waals surface area contributed by atoms with E-state index in [-0.39, 0.29) is 18.0 Å². The van der Waals surface area contributed by atoms with Gasteiger partial charge in [-0.05, 0) is 29.8 Å². The van der Waals surface area contributed by atoms with Crippen molar-refractivity contribution in [1.29, 1.82) is 0 Å². The maximum Gasteiger partial charge on any atom is 0.161 e. The van der Waals surface area contributed by atoms with Gasteiger partial charge in [-0.25, -0.2) is 0 Å². The Balaban J connectivity index is 2.05. The Morgan fingerprint density at radius 2 is 1.83 bits per heavy atom. The third kappa shape index (κ3) is 4.86. The summed E-state index contributed by atoms with van der Waals surface area (Å²) in [5.41, 5.74) is 1.73. The number of halogens is 1. The van der Waals surface area contributed by atoms with Crippen LogP contribution in [0.15, 0.2) is 40.9 Å². The molecule has 0 radical (unpaired) electrons. The molecule has 124 valence electrons. The summed E-state index contributed by atoms with van der Waals surface area (Å²) in [7, 11) is 3.08. The lowest BCUT2D eigenvalue weighted by Gasteiger charge is -2.39. The molecule has 0 bridgehead atoms. The maximum atomic E-state index is 12.7. The van der Waals surface area contributed by atoms with Crippen molar-refractivity contribution in [2.24, 2.45) is 0 Å². The molecule has 0 aromatic heterocycles. The molecular weight excluding hydrogens is 362 g/mol. The average Bonchev–Trinajstić information content (AvgIpc) is 2.50. The van der Waals surface area contributed by atoms with Gasteiger partial charge in [0.05, 0.1) is 20.7 Å². The molecular formula is C17H20BrNO4. The number of quaternary nitrogens is 1. The second-order valence-electron chi connectivity index (χ2n) is 5.71. The van der Waals surface area contributed by atoms with Crippen molar-refractivity contribution in [3.8, 4) is 17.2 Å². The molecule has 0 heterocycles. The summed E-state index contributed by atoms with van der Waals surface area (Å²) < 4.78 is 5.31. The first-order valence-electron chi connectivity index (χ1n) is 7.19. The number of ether oxygens (including phenoxy) is 1. The van der Waals surface area contributed by atoms with Gasteiger partial charge >= 0.3 is 0 Å². The molecule has 23 heavy (non-hydrogen) atoms. The first kappa shape index (κ1) is 17.6. The highest BCUT2D eigenvalue weighted by atomic mass is 79.9. The average molecular weight is 382 g/mol. The van der Waals surface area contributed by atoms with E-state index in [2.05, 4.69) is 15.9 Å². The number of aromatic hydroxyl groups is 2. The molecule has 2 rings (SSSR count). The number of methoxy groups -OCH3 is 1. The predicted octanol–water partition coefficient (Wildman–Crippen LogP) is 3.56. The lowest BCUT2D eigenvalue weighted by atomic mass is 10.1. The molecule has 0 unspecified atom stereocenters. The molecule has 2 aromatic carbocycles. The van der Waals surface area contributed by atoms with Crippen molar-refractivity contribution >= 4 is 15.9 Å². The Hall–Kier alpha value is -1.76. The Labute approximate surface area is 144 Å². The van der Waals surface area contributed by atoms with Crippen molar-refractivity contribution in [3.05, 3.63) is 57.2 Å². The van der Waals surface area contributed by atoms with Crippen LogP contribution in [0, 0.1) is 5.21 Å². The van der Waals surface area contributed by atoms with Gasteiger partial charge in [-0.1, -0.05) is 28.1 Å². The largest absolute Gasteiger partial charge is 0.633 e. The van der Waals surface area contributed by atoms with Crippen LogP contribution in [0.2, 0.25) is 0 Å². The molecule has 5 nitrogen and oxygen atoms in total. The van der Waals surface area contributed by atoms with E-state index in [0.717, 1.165) is 15.6 Å². The van der Waals surface area contributed by atoms with Crippen molar-refractivity contribution < 1.29 is 19.6 Å². The Kier molecular flexibility index (Phi) is 5.51. The Morgan fingerprint density at radius 3 is 2.43 bits per heavy atom. The number of rotatable bonds is 6. The molecule has 0 amide bonds. The summed E-state index contributed by atoms with van der Waals surface area (Å²) in [5.74, 6) is 0.597. The van der Waals surface area contributed by atoms with Gasteiger partial charge in [-0.3, -0.25) is 0 Å². The summed E-state index contributed by atoms with van der Waals surface area (Å²) in [5, 5.41) is 31.8. The first-order chi connectivity index (χ1) is 10.8. The zero-order chi connectivity index (χ0) is 17.0. The lowest BCUT2D eigenvalue weighted by Crippen LogP contribution is -2.38. The highest BCUT2D eigenvalue weighted by Gasteiger charge is 2.16. The van der Waals surface area contributed by atoms with Gasteiger partial charge in [0, 0.05) is 16.5 Å². The highest BCUT2D eigenvalue weighted by Crippen LogP contribution is 2.33. The molecule has 0 aliphatic carbocycles. The fourth-order valence-corrected chi connectivity index (χ4v) is 2.79. The van der Waals surface area contributed by atoms with Crippen LogP contribution in [0.4, 0.5) is 0 Å². The van der Waals surface area contributed by atoms with Crippen LogP contribution in [0.1, 0.15) is 11.1 Å². The number of phenolic OH excluding ortho intramolecular Hbond substituents is 2. The van der Waals surface area contributed by atoms with Gasteiger partial charge in [0.2, 0.25) is 0 Å². The summed E-state index contributed by atoms with van der Waals surface area (Å²) in [6.45, 7) is 0.625. The van der Waals surface area contributed by atoms with E-state index in [4.69, 9.17) is 4.74 Å². The number of hydrogen-bond donors (Lipinski definition) is 2. The lowest BCUT2D eigenvalue weighted by molar-refractivity contribution is -0.874. The molecule has 0 saturated heterocycles. The zero-order valence-corrected chi connectivity index (χ0v) is 14.7. The van der Waals surface area contributed by atoms with Gasteiger partial charge in [0.25, 0.3) is 0 Å². The minimum absolute atomic E-state index is 0.0178. The number of hydrogen-bond acceptors (Lipinski definition) is 4. The van der Waals surface area contributed by atoms with Gasteiger partial charge in [-0.2, -0.15) is 0 Å². The zero-order valence-electron chi connectivity index (χ0n) is 13.1. The highest BCUT2D eigenvalue weighted by molar-refractivity contribution is 9.10. The summed E-state index contributed by atoms with van der Waals surface area (Å²) in [6.07, 6.45) is 0.611. The molecule has 0 fully saturated rings. The Morgan fingerprint density at radius 1 is 1.17 bits per heavy atom. The van der Waals surface area contributed by atoms with Crippen LogP contribution in [-0.4, -0.2) is 35.6 Å². The number of hydroxylamine groups is 3. The van der Waals surface area contributed by atoms with Crippen LogP contribution in [0.5, 0.6) is 17.2 Å². The number of benzene rings is 2. The van der Waals surface area contributed by atoms with E-state index in [9.17, 15) is 15.4 Å². The molecule has 2 aromatic rings. The molecule has 0 spiro atoms. The fourth-order valence-electron chi connectivity index (χ4n) is 2.34. The van der Waals surface area contributed by atoms with Crippen molar-refractivity contribution in [2.75, 3.05) is 20.7 Å². The number of nitrogens with zero attached hydrogens (tertiary/aromatic N) is 1. The van der Waals surface area contributed by atoms with E-state index in [0.29, 0.717) is 18.7 Å². The van der Waals surface area contributed by atoms with Crippen LogP contribution < -0.4 is 4.74 Å². The molecule has 2 N–H and O–H groups in total. The molecule has 6 heteroatoms. The predicted molar refractivity (Wildman–Crippen MR) is 92.3 cm³/mol. The van der Waals surface area contributed by atoms with Crippen LogP contribution >= 0.6 is 15.9 Å². The smallest absolute Gasteiger partial charge is 0.161 e. The second kappa shape index (κ2) is 7.21. The topological polar surface area (TPSA) is 72.8 Å². The Bertz CT molecular complexity index is 671. The molecule has 0 aliphatic heterocycles. The monoisotopic (exact) mass is 381 g/mol. The summed E-state index contributed by atoms with van der Waals surface area (Å²) >= 11 is 3.41. The first-order valence-corrected chi connectivity index (χ1v) is 7.99. The van der Waals surface area contributed by atoms with Crippen molar-refractivity contribution in [3.63, 3.8) is 0 Å². The third-order valence-corrected chi connectivity index (χ3v) is 4.40.